The zero-order valence-electron chi connectivity index (χ0n) is 10.1. The zero-order valence-corrected chi connectivity index (χ0v) is 11.7. The lowest BCUT2D eigenvalue weighted by atomic mass is 10.2. The van der Waals surface area contributed by atoms with Crippen LogP contribution in [0.15, 0.2) is 23.4 Å². The van der Waals surface area contributed by atoms with E-state index < -0.39 is 16.0 Å². The maximum Gasteiger partial charge on any atom is 0.337 e. The number of nitrogens with one attached hydrogen (secondary N) is 1. The molecule has 0 aliphatic carbocycles. The Hall–Kier alpha value is -1.12. The third-order valence-corrected chi connectivity index (χ3v) is 5.39. The Kier molecular flexibility index (Phi) is 4.43. The summed E-state index contributed by atoms with van der Waals surface area (Å²) in [6.45, 7) is 0. The Bertz CT molecular complexity index is 551. The fraction of sp³-hybridized carbons (Fsp3) is 0.455. The molecule has 1 aromatic rings. The molecule has 104 valence electrons. The molecule has 6 nitrogen and oxygen atoms in total. The van der Waals surface area contributed by atoms with Crippen LogP contribution in [0.25, 0.3) is 0 Å². The van der Waals surface area contributed by atoms with Gasteiger partial charge in [-0.05, 0) is 30.7 Å². The molecule has 0 saturated carbocycles. The number of hydrogen-bond acceptors (Lipinski definition) is 5. The molecule has 1 aliphatic rings. The topological polar surface area (TPSA) is 96.4 Å². The SMILES string of the molecule is O=C(O)c1ccc(S(=O)(=O)NC2CCCSC2)nc1. The van der Waals surface area contributed by atoms with Gasteiger partial charge in [0.15, 0.2) is 5.03 Å². The fourth-order valence-corrected chi connectivity index (χ4v) is 4.16. The van der Waals surface area contributed by atoms with Crippen LogP contribution >= 0.6 is 11.8 Å². The molecular formula is C11H14N2O4S2. The molecule has 0 bridgehead atoms. The molecule has 2 N–H and O–H groups in total. The zero-order chi connectivity index (χ0) is 13.9. The molecule has 2 rings (SSSR count). The number of sulfonamides is 1. The number of aromatic nitrogens is 1. The molecular weight excluding hydrogens is 288 g/mol. The highest BCUT2D eigenvalue weighted by molar-refractivity contribution is 7.99. The first kappa shape index (κ1) is 14.3. The fourth-order valence-electron chi connectivity index (χ4n) is 1.78. The highest BCUT2D eigenvalue weighted by Gasteiger charge is 2.23. The van der Waals surface area contributed by atoms with E-state index in [1.807, 2.05) is 0 Å². The molecule has 19 heavy (non-hydrogen) atoms. The molecule has 1 fully saturated rings. The largest absolute Gasteiger partial charge is 0.478 e. The highest BCUT2D eigenvalue weighted by atomic mass is 32.2. The van der Waals surface area contributed by atoms with Crippen LogP contribution in [0.5, 0.6) is 0 Å². The second-order valence-corrected chi connectivity index (χ2v) is 7.04. The molecule has 0 spiro atoms. The Balaban J connectivity index is 2.12. The molecule has 1 saturated heterocycles. The van der Waals surface area contributed by atoms with Crippen molar-refractivity contribution in [3.63, 3.8) is 0 Å². The highest BCUT2D eigenvalue weighted by Crippen LogP contribution is 2.18. The van der Waals surface area contributed by atoms with Crippen molar-refractivity contribution in [2.24, 2.45) is 0 Å². The summed E-state index contributed by atoms with van der Waals surface area (Å²) in [5.74, 6) is 0.684. The lowest BCUT2D eigenvalue weighted by molar-refractivity contribution is 0.0696. The minimum absolute atomic E-state index is 0.0350. The third kappa shape index (κ3) is 3.68. The number of carbonyl (C=O) groups is 1. The van der Waals surface area contributed by atoms with Crippen molar-refractivity contribution in [2.75, 3.05) is 11.5 Å². The van der Waals surface area contributed by atoms with Gasteiger partial charge in [-0.15, -0.1) is 0 Å². The average Bonchev–Trinajstić information content (AvgIpc) is 2.39. The lowest BCUT2D eigenvalue weighted by Crippen LogP contribution is -2.38. The van der Waals surface area contributed by atoms with Crippen molar-refractivity contribution in [3.05, 3.63) is 23.9 Å². The lowest BCUT2D eigenvalue weighted by Gasteiger charge is -2.21. The van der Waals surface area contributed by atoms with E-state index in [4.69, 9.17) is 5.11 Å². The van der Waals surface area contributed by atoms with Gasteiger partial charge in [0.05, 0.1) is 5.56 Å². The minimum atomic E-state index is -3.67. The van der Waals surface area contributed by atoms with Crippen molar-refractivity contribution < 1.29 is 18.3 Å². The van der Waals surface area contributed by atoms with Crippen LogP contribution in [-0.4, -0.2) is 42.0 Å². The van der Waals surface area contributed by atoms with Crippen LogP contribution in [0, 0.1) is 0 Å². The Morgan fingerprint density at radius 2 is 2.26 bits per heavy atom. The van der Waals surface area contributed by atoms with Crippen molar-refractivity contribution >= 4 is 27.8 Å². The smallest absolute Gasteiger partial charge is 0.337 e. The number of pyridine rings is 1. The average molecular weight is 302 g/mol. The summed E-state index contributed by atoms with van der Waals surface area (Å²) in [4.78, 5) is 14.4. The number of carboxylic acids is 1. The molecule has 1 aromatic heterocycles. The van der Waals surface area contributed by atoms with E-state index in [1.54, 1.807) is 11.8 Å². The van der Waals surface area contributed by atoms with Gasteiger partial charge in [0.2, 0.25) is 0 Å². The Morgan fingerprint density at radius 1 is 1.47 bits per heavy atom. The molecule has 8 heteroatoms. The van der Waals surface area contributed by atoms with E-state index in [2.05, 4.69) is 9.71 Å². The first-order chi connectivity index (χ1) is 8.99. The van der Waals surface area contributed by atoms with Gasteiger partial charge in [0, 0.05) is 18.0 Å². The van der Waals surface area contributed by atoms with Crippen LogP contribution in [-0.2, 0) is 10.0 Å². The second-order valence-electron chi connectivity index (χ2n) is 4.23. The van der Waals surface area contributed by atoms with Crippen molar-refractivity contribution in [2.45, 2.75) is 23.9 Å². The van der Waals surface area contributed by atoms with Crippen LogP contribution in [0.2, 0.25) is 0 Å². The van der Waals surface area contributed by atoms with E-state index >= 15 is 0 Å². The van der Waals surface area contributed by atoms with Crippen LogP contribution in [0.4, 0.5) is 0 Å². The monoisotopic (exact) mass is 302 g/mol. The summed E-state index contributed by atoms with van der Waals surface area (Å²) < 4.78 is 26.7. The summed E-state index contributed by atoms with van der Waals surface area (Å²) in [7, 11) is -3.67. The first-order valence-electron chi connectivity index (χ1n) is 5.78. The van der Waals surface area contributed by atoms with Gasteiger partial charge in [-0.2, -0.15) is 11.8 Å². The van der Waals surface area contributed by atoms with Crippen molar-refractivity contribution in [1.82, 2.24) is 9.71 Å². The van der Waals surface area contributed by atoms with E-state index in [-0.39, 0.29) is 16.6 Å². The van der Waals surface area contributed by atoms with Gasteiger partial charge in [0.25, 0.3) is 10.0 Å². The summed E-state index contributed by atoms with van der Waals surface area (Å²) in [5, 5.41) is 8.59. The van der Waals surface area contributed by atoms with Crippen LogP contribution in [0.3, 0.4) is 0 Å². The predicted octanol–water partition coefficient (Wildman–Crippen LogP) is 0.954. The van der Waals surface area contributed by atoms with Gasteiger partial charge in [-0.1, -0.05) is 0 Å². The number of thioether (sulfide) groups is 1. The van der Waals surface area contributed by atoms with Gasteiger partial charge in [-0.25, -0.2) is 22.9 Å². The number of aromatic carboxylic acids is 1. The molecule has 1 unspecified atom stereocenters. The quantitative estimate of drug-likeness (QED) is 0.859. The number of rotatable bonds is 4. The van der Waals surface area contributed by atoms with Crippen LogP contribution < -0.4 is 4.72 Å². The number of nitrogens with zero attached hydrogens (tertiary/aromatic N) is 1. The predicted molar refractivity (Wildman–Crippen MR) is 71.9 cm³/mol. The Morgan fingerprint density at radius 3 is 2.79 bits per heavy atom. The molecule has 0 radical (unpaired) electrons. The number of carboxylic acid groups (broad SMARTS) is 1. The number of hydrogen-bond donors (Lipinski definition) is 2. The first-order valence-corrected chi connectivity index (χ1v) is 8.42. The maximum absolute atomic E-state index is 12.1. The van der Waals surface area contributed by atoms with E-state index in [0.717, 1.165) is 30.5 Å². The minimum Gasteiger partial charge on any atom is -0.478 e. The molecule has 1 atom stereocenters. The van der Waals surface area contributed by atoms with Crippen molar-refractivity contribution in [3.8, 4) is 0 Å². The summed E-state index contributed by atoms with van der Waals surface area (Å²) in [6.07, 6.45) is 2.86. The van der Waals surface area contributed by atoms with Gasteiger partial charge < -0.3 is 5.11 Å². The normalized spacial score (nSPS) is 20.1. The van der Waals surface area contributed by atoms with E-state index in [0.29, 0.717) is 0 Å². The standard InChI is InChI=1S/C11H14N2O4S2/c14-11(15)8-3-4-10(12-6-8)19(16,17)13-9-2-1-5-18-7-9/h3-4,6,9,13H,1-2,5,7H2,(H,14,15). The van der Waals surface area contributed by atoms with Crippen molar-refractivity contribution in [1.29, 1.82) is 0 Å². The molecule has 0 aromatic carbocycles. The van der Waals surface area contributed by atoms with Gasteiger partial charge >= 0.3 is 5.97 Å². The summed E-state index contributed by atoms with van der Waals surface area (Å²) in [5.41, 5.74) is -0.0350. The van der Waals surface area contributed by atoms with Gasteiger partial charge in [0.1, 0.15) is 0 Å². The molecule has 2 heterocycles. The maximum atomic E-state index is 12.1. The second kappa shape index (κ2) is 5.89. The Labute approximate surface area is 115 Å². The van der Waals surface area contributed by atoms with Crippen LogP contribution in [0.1, 0.15) is 23.2 Å². The molecule has 1 aliphatic heterocycles. The van der Waals surface area contributed by atoms with Gasteiger partial charge in [-0.3, -0.25) is 0 Å². The molecule has 0 amide bonds. The van der Waals surface area contributed by atoms with E-state index in [1.165, 1.54) is 12.1 Å². The summed E-state index contributed by atoms with van der Waals surface area (Å²) >= 11 is 1.72. The van der Waals surface area contributed by atoms with E-state index in [9.17, 15) is 13.2 Å². The summed E-state index contributed by atoms with van der Waals surface area (Å²) in [6, 6.07) is 2.37. The third-order valence-electron chi connectivity index (χ3n) is 2.74.